The Morgan fingerprint density at radius 1 is 1.19 bits per heavy atom. The van der Waals surface area contributed by atoms with Crippen molar-refractivity contribution in [1.82, 2.24) is 5.32 Å². The van der Waals surface area contributed by atoms with Gasteiger partial charge in [-0.15, -0.1) is 11.3 Å². The van der Waals surface area contributed by atoms with Crippen molar-refractivity contribution in [3.05, 3.63) is 55.7 Å². The highest BCUT2D eigenvalue weighted by molar-refractivity contribution is 7.12. The van der Waals surface area contributed by atoms with Crippen LogP contribution in [0.3, 0.4) is 0 Å². The molecular weight excluding hydrogens is 446 g/mol. The maximum Gasteiger partial charge on any atom is 0.250 e. The number of benzene rings is 1. The molecule has 6 nitrogen and oxygen atoms in total. The van der Waals surface area contributed by atoms with Crippen LogP contribution in [-0.4, -0.2) is 48.3 Å². The number of quaternary nitrogens is 1. The minimum Gasteiger partial charge on any atom is -0.366 e. The van der Waals surface area contributed by atoms with E-state index in [1.54, 1.807) is 12.1 Å². The van der Waals surface area contributed by atoms with Gasteiger partial charge < -0.3 is 15.5 Å². The second-order valence-electron chi connectivity index (χ2n) is 9.13. The third kappa shape index (κ3) is 6.18. The number of nitrogens with one attached hydrogen (secondary N) is 1. The van der Waals surface area contributed by atoms with Gasteiger partial charge in [-0.3, -0.25) is 14.4 Å². The van der Waals surface area contributed by atoms with Gasteiger partial charge in [-0.2, -0.15) is 0 Å². The van der Waals surface area contributed by atoms with E-state index in [-0.39, 0.29) is 30.6 Å². The summed E-state index contributed by atoms with van der Waals surface area (Å²) in [6, 6.07) is 7.34. The van der Waals surface area contributed by atoms with Crippen LogP contribution >= 0.6 is 22.9 Å². The summed E-state index contributed by atoms with van der Waals surface area (Å²) in [6.45, 7) is 6.20. The summed E-state index contributed by atoms with van der Waals surface area (Å²) in [5, 5.41) is 3.57. The molecule has 0 fully saturated rings. The zero-order valence-corrected chi connectivity index (χ0v) is 20.4. The van der Waals surface area contributed by atoms with E-state index in [2.05, 4.69) is 12.4 Å². The van der Waals surface area contributed by atoms with Gasteiger partial charge in [0.25, 0.3) is 0 Å². The molecule has 2 amide bonds. The van der Waals surface area contributed by atoms with Crippen LogP contribution in [0.4, 0.5) is 0 Å². The van der Waals surface area contributed by atoms with E-state index in [1.165, 1.54) is 11.3 Å². The highest BCUT2D eigenvalue weighted by atomic mass is 35.5. The Kier molecular flexibility index (Phi) is 7.75. The highest BCUT2D eigenvalue weighted by Gasteiger charge is 2.34. The molecule has 0 radical (unpaired) electrons. The molecule has 1 atom stereocenters. The van der Waals surface area contributed by atoms with Crippen molar-refractivity contribution in [2.24, 2.45) is 5.73 Å². The van der Waals surface area contributed by atoms with E-state index in [1.807, 2.05) is 26.0 Å². The van der Waals surface area contributed by atoms with E-state index in [9.17, 15) is 14.4 Å². The summed E-state index contributed by atoms with van der Waals surface area (Å²) in [5.74, 6) is -0.372. The normalized spacial score (nSPS) is 17.8. The number of carbonyl (C=O) groups is 3. The fourth-order valence-electron chi connectivity index (χ4n) is 4.21. The number of halogens is 1. The van der Waals surface area contributed by atoms with Crippen LogP contribution in [0.5, 0.6) is 0 Å². The summed E-state index contributed by atoms with van der Waals surface area (Å²) in [7, 11) is 2.14. The molecular formula is C24H31ClN3O3S+. The number of ketones is 1. The maximum absolute atomic E-state index is 12.7. The van der Waals surface area contributed by atoms with Crippen LogP contribution in [0.15, 0.2) is 24.3 Å². The lowest BCUT2D eigenvalue weighted by atomic mass is 9.97. The number of amides is 2. The number of Topliss-reactive ketones (excluding diaryl/α,β-unsaturated/α-hetero) is 1. The van der Waals surface area contributed by atoms with Gasteiger partial charge in [0.1, 0.15) is 12.3 Å². The second-order valence-corrected chi connectivity index (χ2v) is 10.8. The topological polar surface area (TPSA) is 89.3 Å². The van der Waals surface area contributed by atoms with Crippen LogP contribution in [-0.2, 0) is 35.4 Å². The number of primary amides is 1. The van der Waals surface area contributed by atoms with Gasteiger partial charge in [0.05, 0.1) is 37.0 Å². The van der Waals surface area contributed by atoms with Crippen molar-refractivity contribution < 1.29 is 18.9 Å². The number of hydrogen-bond donors (Lipinski definition) is 2. The highest BCUT2D eigenvalue weighted by Crippen LogP contribution is 2.36. The monoisotopic (exact) mass is 476 g/mol. The van der Waals surface area contributed by atoms with E-state index in [0.717, 1.165) is 51.4 Å². The second kappa shape index (κ2) is 10.1. The van der Waals surface area contributed by atoms with Crippen molar-refractivity contribution in [3.8, 4) is 0 Å². The number of likely N-dealkylation sites (N-methyl/N-ethyl adjacent to an activating group) is 1. The molecule has 3 N–H and O–H groups in total. The van der Waals surface area contributed by atoms with Crippen LogP contribution < -0.4 is 11.1 Å². The predicted molar refractivity (Wildman–Crippen MR) is 128 cm³/mol. The smallest absolute Gasteiger partial charge is 0.250 e. The summed E-state index contributed by atoms with van der Waals surface area (Å²) in [5.41, 5.74) is 8.13. The number of nitrogens with zero attached hydrogens (tertiary/aromatic N) is 1. The van der Waals surface area contributed by atoms with Gasteiger partial charge in [-0.25, -0.2) is 0 Å². The molecule has 1 aromatic carbocycles. The van der Waals surface area contributed by atoms with Crippen LogP contribution in [0.1, 0.15) is 51.5 Å². The molecule has 0 bridgehead atoms. The van der Waals surface area contributed by atoms with Gasteiger partial charge in [-0.05, 0) is 37.1 Å². The van der Waals surface area contributed by atoms with Gasteiger partial charge in [0, 0.05) is 35.2 Å². The Morgan fingerprint density at radius 2 is 1.88 bits per heavy atom. The Labute approximate surface area is 198 Å². The lowest BCUT2D eigenvalue weighted by molar-refractivity contribution is -0.923. The first-order chi connectivity index (χ1) is 15.1. The number of hydrogen-bond acceptors (Lipinski definition) is 4. The summed E-state index contributed by atoms with van der Waals surface area (Å²) in [4.78, 5) is 38.9. The van der Waals surface area contributed by atoms with Gasteiger partial charge in [0.15, 0.2) is 0 Å². The number of carbonyl (C=O) groups excluding carboxylic acids is 3. The fraction of sp³-hybridized carbons (Fsp3) is 0.458. The Morgan fingerprint density at radius 3 is 2.50 bits per heavy atom. The van der Waals surface area contributed by atoms with Gasteiger partial charge >= 0.3 is 0 Å². The molecule has 3 rings (SSSR count). The summed E-state index contributed by atoms with van der Waals surface area (Å²) < 4.78 is 0.732. The summed E-state index contributed by atoms with van der Waals surface area (Å²) >= 11 is 7.44. The van der Waals surface area contributed by atoms with E-state index in [0.29, 0.717) is 17.0 Å². The largest absolute Gasteiger partial charge is 0.366 e. The number of fused-ring (bicyclic) bond motifs is 1. The summed E-state index contributed by atoms with van der Waals surface area (Å²) in [6.07, 6.45) is 1.66. The zero-order valence-electron chi connectivity index (χ0n) is 18.9. The van der Waals surface area contributed by atoms with Crippen LogP contribution in [0, 0.1) is 0 Å². The molecule has 0 saturated carbocycles. The third-order valence-corrected chi connectivity index (χ3v) is 7.31. The lowest BCUT2D eigenvalue weighted by Crippen LogP contribution is -2.49. The fourth-order valence-corrected chi connectivity index (χ4v) is 5.89. The number of rotatable bonds is 9. The average molecular weight is 477 g/mol. The van der Waals surface area contributed by atoms with E-state index in [4.69, 9.17) is 17.3 Å². The first kappa shape index (κ1) is 24.4. The van der Waals surface area contributed by atoms with E-state index < -0.39 is 5.91 Å². The predicted octanol–water partition coefficient (Wildman–Crippen LogP) is 3.27. The minimum atomic E-state index is -0.468. The minimum absolute atomic E-state index is 0.0380. The molecule has 0 aliphatic carbocycles. The SMILES string of the molecule is CC(C)NC(=O)CC[N+]1(C)CCc2c(sc(CC(=O)Cc3ccc(Cl)cc3)c2C(N)=O)C1. The molecule has 1 aliphatic heterocycles. The third-order valence-electron chi connectivity index (χ3n) is 5.84. The molecule has 1 unspecified atom stereocenters. The van der Waals surface area contributed by atoms with Crippen molar-refractivity contribution in [2.45, 2.75) is 52.1 Å². The molecule has 32 heavy (non-hydrogen) atoms. The molecule has 1 aliphatic rings. The molecule has 2 aromatic rings. The first-order valence-electron chi connectivity index (χ1n) is 10.9. The van der Waals surface area contributed by atoms with Gasteiger partial charge in [0.2, 0.25) is 11.8 Å². The standard InChI is InChI=1S/C24H30ClN3O3S/c1-15(2)27-22(30)9-11-28(3)10-8-19-21(14-28)32-20(23(19)24(26)31)13-18(29)12-16-4-6-17(25)7-5-16/h4-7,15H,8-14H2,1-3H3,(H2-,26,27,30,31)/p+1. The number of nitrogens with two attached hydrogens (primary N) is 1. The Balaban J connectivity index is 1.72. The quantitative estimate of drug-likeness (QED) is 0.544. The first-order valence-corrected chi connectivity index (χ1v) is 12.1. The van der Waals surface area contributed by atoms with Crippen molar-refractivity contribution in [3.63, 3.8) is 0 Å². The van der Waals surface area contributed by atoms with Crippen LogP contribution in [0.2, 0.25) is 5.02 Å². The molecule has 0 spiro atoms. The van der Waals surface area contributed by atoms with Crippen molar-refractivity contribution in [2.75, 3.05) is 20.1 Å². The molecule has 1 aromatic heterocycles. The van der Waals surface area contributed by atoms with Crippen molar-refractivity contribution >= 4 is 40.5 Å². The molecule has 0 saturated heterocycles. The lowest BCUT2D eigenvalue weighted by Gasteiger charge is -2.37. The van der Waals surface area contributed by atoms with Crippen molar-refractivity contribution in [1.29, 1.82) is 0 Å². The average Bonchev–Trinajstić information content (AvgIpc) is 3.04. The molecule has 2 heterocycles. The maximum atomic E-state index is 12.7. The molecule has 8 heteroatoms. The number of thiophene rings is 1. The van der Waals surface area contributed by atoms with E-state index >= 15 is 0 Å². The Bertz CT molecular complexity index is 1020. The zero-order chi connectivity index (χ0) is 23.5. The Hall–Kier alpha value is -2.22. The van der Waals surface area contributed by atoms with Crippen LogP contribution in [0.25, 0.3) is 0 Å². The van der Waals surface area contributed by atoms with Gasteiger partial charge in [-0.1, -0.05) is 23.7 Å². The molecule has 172 valence electrons.